The van der Waals surface area contributed by atoms with Crippen LogP contribution in [0, 0.1) is 3.57 Å². The van der Waals surface area contributed by atoms with Gasteiger partial charge in [0.05, 0.1) is 10.2 Å². The van der Waals surface area contributed by atoms with Gasteiger partial charge in [0.25, 0.3) is 0 Å². The molecule has 0 aromatic carbocycles. The first-order chi connectivity index (χ1) is 8.20. The van der Waals surface area contributed by atoms with E-state index >= 15 is 0 Å². The van der Waals surface area contributed by atoms with Crippen LogP contribution in [0.4, 0.5) is 0 Å². The number of ether oxygens (including phenoxy) is 1. The van der Waals surface area contributed by atoms with Crippen molar-refractivity contribution in [2.24, 2.45) is 0 Å². The van der Waals surface area contributed by atoms with Gasteiger partial charge in [0.2, 0.25) is 0 Å². The summed E-state index contributed by atoms with van der Waals surface area (Å²) in [5, 5.41) is 0.917. The number of hydrogen-bond donors (Lipinski definition) is 0. The zero-order valence-electron chi connectivity index (χ0n) is 9.14. The molecule has 0 saturated carbocycles. The van der Waals surface area contributed by atoms with E-state index in [4.69, 9.17) is 9.15 Å². The Morgan fingerprint density at radius 2 is 2.41 bits per heavy atom. The predicted molar refractivity (Wildman–Crippen MR) is 72.4 cm³/mol. The molecule has 2 aromatic heterocycles. The summed E-state index contributed by atoms with van der Waals surface area (Å²) in [4.78, 5) is 15.2. The zero-order chi connectivity index (χ0) is 12.3. The second-order valence-electron chi connectivity index (χ2n) is 3.27. The maximum atomic E-state index is 11.1. The van der Waals surface area contributed by atoms with Crippen molar-refractivity contribution in [1.82, 2.24) is 4.98 Å². The quantitative estimate of drug-likeness (QED) is 0.488. The largest absolute Gasteiger partial charge is 0.463 e. The van der Waals surface area contributed by atoms with Crippen molar-refractivity contribution >= 4 is 45.6 Å². The Balaban J connectivity index is 2.25. The van der Waals surface area contributed by atoms with E-state index in [9.17, 15) is 4.79 Å². The lowest BCUT2D eigenvalue weighted by atomic mass is 10.3. The molecule has 0 aliphatic rings. The van der Waals surface area contributed by atoms with Gasteiger partial charge in [-0.1, -0.05) is 0 Å². The second kappa shape index (κ2) is 5.31. The summed E-state index contributed by atoms with van der Waals surface area (Å²) < 4.78 is 11.3. The number of rotatable bonds is 3. The fraction of sp³-hybridized carbons (Fsp3) is 0.167. The Kier molecular flexibility index (Phi) is 3.78. The Hall–Kier alpha value is -1.37. The molecular weight excluding hydrogens is 333 g/mol. The third kappa shape index (κ3) is 2.85. The molecule has 5 heteroatoms. The highest BCUT2D eigenvalue weighted by Gasteiger charge is 2.05. The molecule has 2 rings (SSSR count). The molecule has 17 heavy (non-hydrogen) atoms. The lowest BCUT2D eigenvalue weighted by molar-refractivity contribution is -0.137. The van der Waals surface area contributed by atoms with Gasteiger partial charge in [0.1, 0.15) is 5.76 Å². The third-order valence-corrected chi connectivity index (χ3v) is 2.84. The van der Waals surface area contributed by atoms with Crippen LogP contribution in [-0.4, -0.2) is 17.6 Å². The van der Waals surface area contributed by atoms with E-state index in [2.05, 4.69) is 27.6 Å². The highest BCUT2D eigenvalue weighted by Crippen LogP contribution is 2.23. The monoisotopic (exact) mass is 343 g/mol. The van der Waals surface area contributed by atoms with Crippen LogP contribution in [0.1, 0.15) is 12.7 Å². The highest BCUT2D eigenvalue weighted by molar-refractivity contribution is 14.1. The number of halogens is 1. The van der Waals surface area contributed by atoms with Crippen LogP contribution in [0.25, 0.3) is 17.0 Å². The molecular formula is C12H10INO3. The summed E-state index contributed by atoms with van der Waals surface area (Å²) in [7, 11) is 0. The Morgan fingerprint density at radius 1 is 1.59 bits per heavy atom. The topological polar surface area (TPSA) is 52.3 Å². The van der Waals surface area contributed by atoms with Crippen molar-refractivity contribution in [2.45, 2.75) is 6.92 Å². The SMILES string of the molecule is CCOC(=O)/C=C/c1cc2cncc(I)c2o1. The summed E-state index contributed by atoms with van der Waals surface area (Å²) in [6.45, 7) is 2.13. The lowest BCUT2D eigenvalue weighted by Crippen LogP contribution is -1.98. The number of carbonyl (C=O) groups is 1. The molecule has 0 aliphatic heterocycles. The van der Waals surface area contributed by atoms with Gasteiger partial charge in [-0.25, -0.2) is 4.79 Å². The molecule has 0 radical (unpaired) electrons. The number of aromatic nitrogens is 1. The van der Waals surface area contributed by atoms with E-state index in [-0.39, 0.29) is 5.97 Å². The van der Waals surface area contributed by atoms with Crippen molar-refractivity contribution < 1.29 is 13.9 Å². The van der Waals surface area contributed by atoms with Gasteiger partial charge in [0.15, 0.2) is 5.58 Å². The Labute approximate surface area is 112 Å². The van der Waals surface area contributed by atoms with Crippen molar-refractivity contribution in [2.75, 3.05) is 6.61 Å². The molecule has 2 heterocycles. The maximum Gasteiger partial charge on any atom is 0.330 e. The first-order valence-electron chi connectivity index (χ1n) is 5.08. The molecule has 0 atom stereocenters. The number of carbonyl (C=O) groups excluding carboxylic acids is 1. The normalized spacial score (nSPS) is 11.2. The van der Waals surface area contributed by atoms with Gasteiger partial charge in [0, 0.05) is 23.9 Å². The predicted octanol–water partition coefficient (Wildman–Crippen LogP) is 3.01. The number of esters is 1. The number of fused-ring (bicyclic) bond motifs is 1. The van der Waals surface area contributed by atoms with Crippen molar-refractivity contribution in [1.29, 1.82) is 0 Å². The van der Waals surface area contributed by atoms with E-state index in [1.807, 2.05) is 6.07 Å². The smallest absolute Gasteiger partial charge is 0.330 e. The zero-order valence-corrected chi connectivity index (χ0v) is 11.3. The van der Waals surface area contributed by atoms with Gasteiger partial charge in [-0.05, 0) is 41.7 Å². The van der Waals surface area contributed by atoms with E-state index in [0.29, 0.717) is 12.4 Å². The fourth-order valence-corrected chi connectivity index (χ4v) is 1.95. The van der Waals surface area contributed by atoms with Crippen molar-refractivity contribution in [3.8, 4) is 0 Å². The summed E-state index contributed by atoms with van der Waals surface area (Å²) >= 11 is 2.15. The average molecular weight is 343 g/mol. The average Bonchev–Trinajstić information content (AvgIpc) is 2.71. The summed E-state index contributed by atoms with van der Waals surface area (Å²) in [6, 6.07) is 1.83. The van der Waals surface area contributed by atoms with Crippen LogP contribution >= 0.6 is 22.6 Å². The summed E-state index contributed by atoms with van der Waals surface area (Å²) in [6.07, 6.45) is 6.39. The molecule has 88 valence electrons. The first kappa shape index (κ1) is 12.1. The minimum Gasteiger partial charge on any atom is -0.463 e. The summed E-state index contributed by atoms with van der Waals surface area (Å²) in [5.74, 6) is 0.236. The highest BCUT2D eigenvalue weighted by atomic mass is 127. The molecule has 0 amide bonds. The molecule has 4 nitrogen and oxygen atoms in total. The molecule has 2 aromatic rings. The first-order valence-corrected chi connectivity index (χ1v) is 6.16. The van der Waals surface area contributed by atoms with E-state index in [0.717, 1.165) is 14.5 Å². The lowest BCUT2D eigenvalue weighted by Gasteiger charge is -1.93. The summed E-state index contributed by atoms with van der Waals surface area (Å²) in [5.41, 5.74) is 0.782. The van der Waals surface area contributed by atoms with Crippen LogP contribution in [-0.2, 0) is 9.53 Å². The van der Waals surface area contributed by atoms with Crippen LogP contribution in [0.15, 0.2) is 29.0 Å². The van der Waals surface area contributed by atoms with Crippen LogP contribution in [0.2, 0.25) is 0 Å². The minimum atomic E-state index is -0.374. The molecule has 0 spiro atoms. The number of hydrogen-bond acceptors (Lipinski definition) is 4. The fourth-order valence-electron chi connectivity index (χ4n) is 1.37. The van der Waals surface area contributed by atoms with Gasteiger partial charge < -0.3 is 9.15 Å². The van der Waals surface area contributed by atoms with Gasteiger partial charge in [-0.15, -0.1) is 0 Å². The number of pyridine rings is 1. The van der Waals surface area contributed by atoms with Gasteiger partial charge >= 0.3 is 5.97 Å². The third-order valence-electron chi connectivity index (χ3n) is 2.07. The van der Waals surface area contributed by atoms with Gasteiger partial charge in [-0.2, -0.15) is 0 Å². The molecule has 0 bridgehead atoms. The molecule has 0 unspecified atom stereocenters. The molecule has 0 saturated heterocycles. The van der Waals surface area contributed by atoms with Crippen molar-refractivity contribution in [3.63, 3.8) is 0 Å². The Bertz CT molecular complexity index is 574. The number of furan rings is 1. The van der Waals surface area contributed by atoms with Crippen LogP contribution in [0.3, 0.4) is 0 Å². The van der Waals surface area contributed by atoms with E-state index in [1.165, 1.54) is 6.08 Å². The second-order valence-corrected chi connectivity index (χ2v) is 4.44. The maximum absolute atomic E-state index is 11.1. The van der Waals surface area contributed by atoms with E-state index < -0.39 is 0 Å². The molecule has 0 aliphatic carbocycles. The molecule has 0 fully saturated rings. The Morgan fingerprint density at radius 3 is 3.12 bits per heavy atom. The number of nitrogens with zero attached hydrogens (tertiary/aromatic N) is 1. The van der Waals surface area contributed by atoms with Crippen molar-refractivity contribution in [3.05, 3.63) is 33.9 Å². The van der Waals surface area contributed by atoms with Crippen LogP contribution in [0.5, 0.6) is 0 Å². The minimum absolute atomic E-state index is 0.366. The van der Waals surface area contributed by atoms with E-state index in [1.54, 1.807) is 25.4 Å². The van der Waals surface area contributed by atoms with Gasteiger partial charge in [-0.3, -0.25) is 4.98 Å². The standard InChI is InChI=1S/C12H10INO3/c1-2-16-11(15)4-3-9-5-8-6-14-7-10(13)12(8)17-9/h3-7H,2H2,1H3/b4-3+. The van der Waals surface area contributed by atoms with Crippen LogP contribution < -0.4 is 0 Å². The molecule has 0 N–H and O–H groups in total.